The van der Waals surface area contributed by atoms with Crippen molar-refractivity contribution in [1.82, 2.24) is 18.9 Å². The third kappa shape index (κ3) is 6.79. The molecule has 0 saturated carbocycles. The lowest BCUT2D eigenvalue weighted by molar-refractivity contribution is 0.0517. The van der Waals surface area contributed by atoms with Crippen molar-refractivity contribution in [3.8, 4) is 0 Å². The summed E-state index contributed by atoms with van der Waals surface area (Å²) in [4.78, 5) is 30.7. The Morgan fingerprint density at radius 3 is 1.82 bits per heavy atom. The van der Waals surface area contributed by atoms with Crippen LogP contribution in [0.3, 0.4) is 0 Å². The number of fused-ring (bicyclic) bond motifs is 1. The summed E-state index contributed by atoms with van der Waals surface area (Å²) in [6, 6.07) is 39.3. The Morgan fingerprint density at radius 1 is 0.750 bits per heavy atom. The van der Waals surface area contributed by atoms with Crippen LogP contribution in [0.25, 0.3) is 11.0 Å². The van der Waals surface area contributed by atoms with E-state index in [4.69, 9.17) is 4.74 Å². The molecule has 1 atom stereocenters. The van der Waals surface area contributed by atoms with Crippen molar-refractivity contribution < 1.29 is 9.53 Å². The van der Waals surface area contributed by atoms with Gasteiger partial charge in [-0.15, -0.1) is 0 Å². The molecule has 1 saturated heterocycles. The lowest BCUT2D eigenvalue weighted by Crippen LogP contribution is -2.44. The van der Waals surface area contributed by atoms with Crippen molar-refractivity contribution in [2.75, 3.05) is 19.7 Å². The zero-order valence-electron chi connectivity index (χ0n) is 25.3. The maximum absolute atomic E-state index is 13.4. The number of carbonyl (C=O) groups excluding carboxylic acids is 1. The molecule has 1 aliphatic heterocycles. The molecule has 7 nitrogen and oxygen atoms in total. The second-order valence-electron chi connectivity index (χ2n) is 11.7. The normalized spacial score (nSPS) is 14.6. The van der Waals surface area contributed by atoms with Crippen LogP contribution in [0, 0.1) is 0 Å². The number of aromatic nitrogens is 2. The number of nitrogens with zero attached hydrogens (tertiary/aromatic N) is 4. The summed E-state index contributed by atoms with van der Waals surface area (Å²) >= 11 is 0. The van der Waals surface area contributed by atoms with Gasteiger partial charge in [0.25, 0.3) is 0 Å². The first-order chi connectivity index (χ1) is 21.6. The second kappa shape index (κ2) is 13.8. The van der Waals surface area contributed by atoms with E-state index in [9.17, 15) is 9.59 Å². The molecule has 44 heavy (non-hydrogen) atoms. The van der Waals surface area contributed by atoms with Crippen LogP contribution in [-0.2, 0) is 31.3 Å². The maximum atomic E-state index is 13.4. The number of imidazole rings is 1. The van der Waals surface area contributed by atoms with Gasteiger partial charge >= 0.3 is 11.8 Å². The highest BCUT2D eigenvalue weighted by molar-refractivity contribution is 5.76. The summed E-state index contributed by atoms with van der Waals surface area (Å²) in [7, 11) is 1.82. The topological polar surface area (TPSA) is 59.7 Å². The molecule has 6 rings (SSSR count). The van der Waals surface area contributed by atoms with Gasteiger partial charge in [0.2, 0.25) is 0 Å². The average molecular weight is 589 g/mol. The molecule has 1 fully saturated rings. The molecule has 1 amide bonds. The molecule has 0 unspecified atom stereocenters. The first-order valence-corrected chi connectivity index (χ1v) is 15.5. The fraction of sp³-hybridized carbons (Fsp3) is 0.297. The van der Waals surface area contributed by atoms with E-state index in [1.165, 1.54) is 16.7 Å². The molecule has 0 spiro atoms. The summed E-state index contributed by atoms with van der Waals surface area (Å²) in [5, 5.41) is 0. The Bertz CT molecular complexity index is 1670. The maximum Gasteiger partial charge on any atom is 0.409 e. The van der Waals surface area contributed by atoms with E-state index in [0.29, 0.717) is 25.9 Å². The number of hydrogen-bond acceptors (Lipinski definition) is 4. The van der Waals surface area contributed by atoms with E-state index in [2.05, 4.69) is 77.7 Å². The molecular weight excluding hydrogens is 548 g/mol. The largest absolute Gasteiger partial charge is 0.448 e. The number of aryl methyl sites for hydroxylation is 1. The second-order valence-corrected chi connectivity index (χ2v) is 11.7. The predicted octanol–water partition coefficient (Wildman–Crippen LogP) is 6.43. The zero-order chi connectivity index (χ0) is 30.3. The summed E-state index contributed by atoms with van der Waals surface area (Å²) in [5.74, 6) is 0. The van der Waals surface area contributed by atoms with E-state index >= 15 is 0 Å². The SMILES string of the molecule is Cn1c(=O)n(C2CCN(C(=O)OC[C@H](Cc3ccccc3)N(Cc3ccccc3)Cc3ccccc3)CC2)c2ccccc21. The van der Waals surface area contributed by atoms with Crippen molar-refractivity contribution in [3.05, 3.63) is 142 Å². The predicted molar refractivity (Wildman–Crippen MR) is 174 cm³/mol. The number of benzene rings is 4. The van der Waals surface area contributed by atoms with E-state index in [1.54, 1.807) is 9.47 Å². The monoisotopic (exact) mass is 588 g/mol. The van der Waals surface area contributed by atoms with Gasteiger partial charge in [0, 0.05) is 45.3 Å². The van der Waals surface area contributed by atoms with Gasteiger partial charge in [-0.25, -0.2) is 9.59 Å². The zero-order valence-corrected chi connectivity index (χ0v) is 25.3. The van der Waals surface area contributed by atoms with Crippen LogP contribution in [0.15, 0.2) is 120 Å². The molecule has 7 heteroatoms. The van der Waals surface area contributed by atoms with Crippen molar-refractivity contribution >= 4 is 17.1 Å². The van der Waals surface area contributed by atoms with Crippen LogP contribution < -0.4 is 5.69 Å². The number of rotatable bonds is 10. The van der Waals surface area contributed by atoms with Crippen LogP contribution in [0.1, 0.15) is 35.6 Å². The van der Waals surface area contributed by atoms with Gasteiger partial charge in [-0.3, -0.25) is 14.0 Å². The molecule has 0 bridgehead atoms. The van der Waals surface area contributed by atoms with E-state index in [1.807, 2.05) is 54.1 Å². The van der Waals surface area contributed by atoms with Crippen molar-refractivity contribution in [2.45, 2.75) is 44.4 Å². The van der Waals surface area contributed by atoms with Gasteiger partial charge < -0.3 is 9.64 Å². The summed E-state index contributed by atoms with van der Waals surface area (Å²) in [6.45, 7) is 2.89. The third-order valence-corrected chi connectivity index (χ3v) is 8.77. The fourth-order valence-corrected chi connectivity index (χ4v) is 6.37. The Morgan fingerprint density at radius 2 is 1.25 bits per heavy atom. The Hall–Kier alpha value is -4.62. The minimum absolute atomic E-state index is 0.00657. The molecule has 0 N–H and O–H groups in total. The van der Waals surface area contributed by atoms with Crippen molar-refractivity contribution in [3.63, 3.8) is 0 Å². The Kier molecular flexibility index (Phi) is 9.22. The van der Waals surface area contributed by atoms with Crippen LogP contribution >= 0.6 is 0 Å². The molecular formula is C37H40N4O3. The molecule has 2 heterocycles. The summed E-state index contributed by atoms with van der Waals surface area (Å²) < 4.78 is 9.69. The van der Waals surface area contributed by atoms with Gasteiger partial charge in [-0.05, 0) is 48.1 Å². The van der Waals surface area contributed by atoms with E-state index in [0.717, 1.165) is 30.5 Å². The van der Waals surface area contributed by atoms with Crippen LogP contribution in [0.4, 0.5) is 4.79 Å². The molecule has 0 radical (unpaired) electrons. The smallest absolute Gasteiger partial charge is 0.409 e. The number of carbonyl (C=O) groups is 1. The Labute approximate surface area is 258 Å². The highest BCUT2D eigenvalue weighted by Crippen LogP contribution is 2.26. The number of ether oxygens (including phenoxy) is 1. The first-order valence-electron chi connectivity index (χ1n) is 15.5. The highest BCUT2D eigenvalue weighted by Gasteiger charge is 2.29. The number of amides is 1. The minimum Gasteiger partial charge on any atom is -0.448 e. The molecule has 226 valence electrons. The van der Waals surface area contributed by atoms with Crippen molar-refractivity contribution in [2.24, 2.45) is 7.05 Å². The van der Waals surface area contributed by atoms with Crippen molar-refractivity contribution in [1.29, 1.82) is 0 Å². The first kappa shape index (κ1) is 29.5. The van der Waals surface area contributed by atoms with Gasteiger partial charge in [0.05, 0.1) is 11.0 Å². The van der Waals surface area contributed by atoms with E-state index in [-0.39, 0.29) is 30.5 Å². The van der Waals surface area contributed by atoms with Crippen LogP contribution in [0.2, 0.25) is 0 Å². The number of likely N-dealkylation sites (tertiary alicyclic amines) is 1. The van der Waals surface area contributed by atoms with Gasteiger partial charge in [0.15, 0.2) is 0 Å². The standard InChI is InChI=1S/C37H40N4O3/c1-38-34-19-11-12-20-35(34)41(36(38)42)32-21-23-39(24-22-32)37(43)44-28-33(25-29-13-5-2-6-14-29)40(26-30-15-7-3-8-16-30)27-31-17-9-4-10-18-31/h2-20,32-33H,21-28H2,1H3/t33-/m0/s1. The Balaban J connectivity index is 1.16. The highest BCUT2D eigenvalue weighted by atomic mass is 16.6. The van der Waals surface area contributed by atoms with Gasteiger partial charge in [-0.2, -0.15) is 0 Å². The van der Waals surface area contributed by atoms with Crippen LogP contribution in [0.5, 0.6) is 0 Å². The summed E-state index contributed by atoms with van der Waals surface area (Å²) in [5.41, 5.74) is 5.52. The third-order valence-electron chi connectivity index (χ3n) is 8.77. The molecule has 1 aromatic heterocycles. The molecule has 5 aromatic rings. The average Bonchev–Trinajstić information content (AvgIpc) is 3.33. The quantitative estimate of drug-likeness (QED) is 0.189. The fourth-order valence-electron chi connectivity index (χ4n) is 6.37. The molecule has 4 aromatic carbocycles. The number of para-hydroxylation sites is 2. The molecule has 0 aliphatic carbocycles. The lowest BCUT2D eigenvalue weighted by Gasteiger charge is -2.34. The summed E-state index contributed by atoms with van der Waals surface area (Å²) in [6.07, 6.45) is 1.90. The van der Waals surface area contributed by atoms with Gasteiger partial charge in [-0.1, -0.05) is 103 Å². The minimum atomic E-state index is -0.286. The molecule has 1 aliphatic rings. The number of piperidine rings is 1. The van der Waals surface area contributed by atoms with Crippen LogP contribution in [-0.4, -0.2) is 50.8 Å². The van der Waals surface area contributed by atoms with Gasteiger partial charge in [0.1, 0.15) is 6.61 Å². The number of hydrogen-bond donors (Lipinski definition) is 0. The lowest BCUT2D eigenvalue weighted by atomic mass is 10.0. The van der Waals surface area contributed by atoms with E-state index < -0.39 is 0 Å².